The maximum atomic E-state index is 5.37. The first-order valence-corrected chi connectivity index (χ1v) is 17.7. The normalized spacial score (nSPS) is 11.6. The number of rotatable bonds is 4. The van der Waals surface area contributed by atoms with Crippen molar-refractivity contribution >= 4 is 46.4 Å². The monoisotopic (exact) mass is 758 g/mol. The third-order valence-electron chi connectivity index (χ3n) is 9.97. The molecule has 262 valence electrons. The van der Waals surface area contributed by atoms with Crippen LogP contribution in [0.25, 0.3) is 90.9 Å². The Morgan fingerprint density at radius 3 is 0.722 bits per heavy atom. The van der Waals surface area contributed by atoms with Gasteiger partial charge < -0.3 is 22.4 Å². The number of fused-ring (bicyclic) bond motifs is 8. The fourth-order valence-electron chi connectivity index (χ4n) is 7.15. The molecule has 2 aliphatic heterocycles. The van der Waals surface area contributed by atoms with Gasteiger partial charge in [-0.2, -0.15) is 0 Å². The second-order valence-electron chi connectivity index (χ2n) is 13.8. The van der Waals surface area contributed by atoms with Crippen LogP contribution in [0.4, 0.5) is 0 Å². The van der Waals surface area contributed by atoms with Crippen LogP contribution in [-0.4, -0.2) is 9.97 Å². The maximum absolute atomic E-state index is 5.37. The molecule has 3 aromatic heterocycles. The smallest absolute Gasteiger partial charge is 1.00 e. The Bertz CT molecular complexity index is 2360. The molecule has 2 aliphatic rings. The number of aryl methyl sites for hydroxylation is 4. The summed E-state index contributed by atoms with van der Waals surface area (Å²) >= 11 is 0. The van der Waals surface area contributed by atoms with E-state index in [0.29, 0.717) is 0 Å². The van der Waals surface area contributed by atoms with Crippen molar-refractivity contribution < 1.29 is 29.5 Å². The molecule has 0 amide bonds. The molecule has 0 spiro atoms. The van der Waals surface area contributed by atoms with Crippen LogP contribution in [0.1, 0.15) is 45.0 Å². The number of aromatic nitrogens is 4. The van der Waals surface area contributed by atoms with E-state index in [0.717, 1.165) is 89.4 Å². The van der Waals surface area contributed by atoms with Crippen LogP contribution in [0.3, 0.4) is 0 Å². The summed E-state index contributed by atoms with van der Waals surface area (Å²) in [5, 5.41) is 0. The topological polar surface area (TPSA) is 54.0 Å². The first kappa shape index (κ1) is 36.6. The molecule has 7 aromatic rings. The number of hydrogen-bond donors (Lipinski definition) is 0. The Morgan fingerprint density at radius 1 is 0.315 bits per heavy atom. The Morgan fingerprint density at radius 2 is 0.519 bits per heavy atom. The van der Waals surface area contributed by atoms with E-state index in [9.17, 15) is 0 Å². The van der Waals surface area contributed by atoms with Crippen molar-refractivity contribution in [1.29, 1.82) is 0 Å². The minimum atomic E-state index is 0. The van der Waals surface area contributed by atoms with Gasteiger partial charge in [0, 0.05) is 0 Å². The molecule has 0 saturated carbocycles. The predicted octanol–water partition coefficient (Wildman–Crippen LogP) is 8.82. The van der Waals surface area contributed by atoms with Gasteiger partial charge in [-0.3, -0.25) is 0 Å². The molecule has 0 atom stereocenters. The molecule has 54 heavy (non-hydrogen) atoms. The summed E-state index contributed by atoms with van der Waals surface area (Å²) in [6, 6.07) is 43.0. The summed E-state index contributed by atoms with van der Waals surface area (Å²) in [5.41, 5.74) is 19.9. The fourth-order valence-corrected chi connectivity index (χ4v) is 7.15. The summed E-state index contributed by atoms with van der Waals surface area (Å²) in [6.45, 7) is 8.45. The van der Waals surface area contributed by atoms with Crippen molar-refractivity contribution in [3.8, 4) is 44.5 Å². The SMILES string of the molecule is Cc1ccc(-c2c3nc(c(-c4ccc(C)cc4)c4ccc([n-]4)c(-c4ccc(C)cc4)c4nc(c(-c5ccc(C)cc5)c5ccc2[n-]5)C=C4)C=C3)cc1.[Cl-].[Mn+3]. The second-order valence-corrected chi connectivity index (χ2v) is 13.8. The van der Waals surface area contributed by atoms with Crippen molar-refractivity contribution in [2.24, 2.45) is 0 Å². The van der Waals surface area contributed by atoms with Gasteiger partial charge >= 0.3 is 17.1 Å². The maximum Gasteiger partial charge on any atom is 3.00 e. The second kappa shape index (κ2) is 15.0. The molecule has 0 fully saturated rings. The number of halogens is 1. The Balaban J connectivity index is 0.00000225. The number of nitrogens with zero attached hydrogens (tertiary/aromatic N) is 4. The van der Waals surface area contributed by atoms with Crippen molar-refractivity contribution in [2.45, 2.75) is 27.7 Å². The zero-order chi connectivity index (χ0) is 35.3. The van der Waals surface area contributed by atoms with E-state index in [1.54, 1.807) is 0 Å². The molecule has 8 bridgehead atoms. The zero-order valence-electron chi connectivity index (χ0n) is 30.4. The molecule has 0 aliphatic carbocycles. The third-order valence-corrected chi connectivity index (χ3v) is 9.97. The Labute approximate surface area is 332 Å². The molecule has 6 heteroatoms. The van der Waals surface area contributed by atoms with E-state index >= 15 is 0 Å². The quantitative estimate of drug-likeness (QED) is 0.169. The van der Waals surface area contributed by atoms with Gasteiger partial charge in [0.15, 0.2) is 0 Å². The summed E-state index contributed by atoms with van der Waals surface area (Å²) < 4.78 is 0. The van der Waals surface area contributed by atoms with E-state index in [2.05, 4.69) is 173 Å². The van der Waals surface area contributed by atoms with Crippen molar-refractivity contribution in [3.05, 3.63) is 166 Å². The first-order valence-electron chi connectivity index (χ1n) is 17.7. The van der Waals surface area contributed by atoms with Gasteiger partial charge in [0.2, 0.25) is 0 Å². The van der Waals surface area contributed by atoms with Gasteiger partial charge in [0.05, 0.1) is 22.8 Å². The Hall–Kier alpha value is -5.71. The van der Waals surface area contributed by atoms with Gasteiger partial charge in [-0.1, -0.05) is 144 Å². The predicted molar refractivity (Wildman–Crippen MR) is 217 cm³/mol. The van der Waals surface area contributed by atoms with Crippen LogP contribution in [0.15, 0.2) is 121 Å². The van der Waals surface area contributed by atoms with E-state index < -0.39 is 0 Å². The van der Waals surface area contributed by atoms with Crippen molar-refractivity contribution in [1.82, 2.24) is 19.9 Å². The van der Waals surface area contributed by atoms with Gasteiger partial charge in [-0.05, 0) is 96.5 Å². The molecule has 0 N–H and O–H groups in total. The minimum absolute atomic E-state index is 0. The van der Waals surface area contributed by atoms with E-state index in [4.69, 9.17) is 19.9 Å². The van der Waals surface area contributed by atoms with Gasteiger partial charge in [0.25, 0.3) is 0 Å². The largest absolute Gasteiger partial charge is 3.00 e. The molecule has 0 saturated heterocycles. The van der Waals surface area contributed by atoms with E-state index in [-0.39, 0.29) is 29.5 Å². The summed E-state index contributed by atoms with van der Waals surface area (Å²) in [6.07, 6.45) is 8.48. The van der Waals surface area contributed by atoms with Gasteiger partial charge in [0.1, 0.15) is 0 Å². The van der Waals surface area contributed by atoms with Crippen LogP contribution in [0.5, 0.6) is 0 Å². The zero-order valence-corrected chi connectivity index (χ0v) is 32.3. The molecular formula is C48H36ClMnN4. The average Bonchev–Trinajstić information content (AvgIpc) is 3.99. The molecule has 0 unspecified atom stereocenters. The van der Waals surface area contributed by atoms with Crippen LogP contribution in [0, 0.1) is 27.7 Å². The van der Waals surface area contributed by atoms with Crippen molar-refractivity contribution in [3.63, 3.8) is 0 Å². The van der Waals surface area contributed by atoms with Crippen LogP contribution in [0.2, 0.25) is 0 Å². The summed E-state index contributed by atoms with van der Waals surface area (Å²) in [7, 11) is 0. The Kier molecular flexibility index (Phi) is 10.2. The summed E-state index contributed by atoms with van der Waals surface area (Å²) in [4.78, 5) is 21.5. The molecule has 0 radical (unpaired) electrons. The molecule has 9 rings (SSSR count). The first-order chi connectivity index (χ1) is 25.4. The minimum Gasteiger partial charge on any atom is -1.00 e. The number of hydrogen-bond acceptors (Lipinski definition) is 2. The molecule has 4 aromatic carbocycles. The summed E-state index contributed by atoms with van der Waals surface area (Å²) in [5.74, 6) is 0. The van der Waals surface area contributed by atoms with Gasteiger partial charge in [-0.25, -0.2) is 9.97 Å². The van der Waals surface area contributed by atoms with Gasteiger partial charge in [-0.15, -0.1) is 22.1 Å². The van der Waals surface area contributed by atoms with E-state index in [1.165, 1.54) is 22.3 Å². The number of benzene rings is 4. The fraction of sp³-hybridized carbons (Fsp3) is 0.0833. The van der Waals surface area contributed by atoms with Crippen LogP contribution < -0.4 is 22.4 Å². The third kappa shape index (κ3) is 6.79. The average molecular weight is 759 g/mol. The van der Waals surface area contributed by atoms with Crippen molar-refractivity contribution in [2.75, 3.05) is 0 Å². The standard InChI is InChI=1S/C48H36N4.ClH.Mn/c1-29-5-13-33(14-6-29)45-37-21-23-39(49-37)46(34-15-7-30(2)8-16-34)41-25-27-43(51-41)48(36-19-11-32(4)12-20-36)44-28-26-42(52-44)47(40-24-22-38(45)50-40)35-17-9-31(3)10-18-35;;/h5-28H,1-4H3;1H;/q-2;;+3/p-1. The van der Waals surface area contributed by atoms with Crippen LogP contribution in [-0.2, 0) is 17.1 Å². The van der Waals surface area contributed by atoms with E-state index in [1.807, 2.05) is 0 Å². The molecule has 4 nitrogen and oxygen atoms in total. The molecular weight excluding hydrogens is 723 g/mol. The van der Waals surface area contributed by atoms with Crippen LogP contribution >= 0.6 is 0 Å². The molecule has 5 heterocycles.